The first-order valence-corrected chi connectivity index (χ1v) is 13.3. The number of hydrogen-bond donors (Lipinski definition) is 0. The van der Waals surface area contributed by atoms with Crippen molar-refractivity contribution in [1.29, 1.82) is 0 Å². The van der Waals surface area contributed by atoms with Crippen molar-refractivity contribution >= 4 is 22.1 Å². The molecule has 0 N–H and O–H groups in total. The molecule has 2 unspecified atom stereocenters. The zero-order chi connectivity index (χ0) is 26.3. The van der Waals surface area contributed by atoms with E-state index >= 15 is 0 Å². The van der Waals surface area contributed by atoms with Gasteiger partial charge in [-0.25, -0.2) is 9.59 Å². The van der Waals surface area contributed by atoms with Crippen LogP contribution in [0.15, 0.2) is 91.0 Å². The van der Waals surface area contributed by atoms with Gasteiger partial charge in [0.2, 0.25) is 0 Å². The molecule has 194 valence electrons. The van der Waals surface area contributed by atoms with Gasteiger partial charge in [0.05, 0.1) is 17.4 Å². The largest absolute Gasteiger partial charge is 0.459 e. The van der Waals surface area contributed by atoms with E-state index in [9.17, 15) is 18.0 Å². The lowest BCUT2D eigenvalue weighted by atomic mass is 10.1. The number of carbonyl (C=O) groups excluding carboxylic acids is 2. The van der Waals surface area contributed by atoms with Gasteiger partial charge in [0, 0.05) is 5.56 Å². The molecular weight excluding hydrogens is 500 g/mol. The van der Waals surface area contributed by atoms with Crippen LogP contribution in [-0.4, -0.2) is 58.1 Å². The van der Waals surface area contributed by atoms with Crippen LogP contribution in [0.1, 0.15) is 32.6 Å². The van der Waals surface area contributed by atoms with E-state index in [0.717, 1.165) is 6.26 Å². The molecule has 1 aliphatic heterocycles. The topological polar surface area (TPSA) is 114 Å². The molecule has 0 aromatic heterocycles. The minimum atomic E-state index is -3.99. The van der Waals surface area contributed by atoms with Crippen LogP contribution in [0.2, 0.25) is 0 Å². The van der Waals surface area contributed by atoms with E-state index in [-0.39, 0.29) is 13.2 Å². The molecule has 1 aliphatic rings. The summed E-state index contributed by atoms with van der Waals surface area (Å²) in [6, 6.07) is 25.6. The number of rotatable bonds is 9. The Hall–Kier alpha value is -3.57. The van der Waals surface area contributed by atoms with Crippen molar-refractivity contribution < 1.29 is 41.1 Å². The first kappa shape index (κ1) is 26.5. The summed E-state index contributed by atoms with van der Waals surface area (Å²) in [5.74, 6) is -1.23. The van der Waals surface area contributed by atoms with Gasteiger partial charge in [0.15, 0.2) is 6.29 Å². The smallest absolute Gasteiger partial charge is 0.338 e. The lowest BCUT2D eigenvalue weighted by molar-refractivity contribution is -0.292. The highest BCUT2D eigenvalue weighted by molar-refractivity contribution is 7.86. The molecule has 0 aliphatic carbocycles. The maximum absolute atomic E-state index is 12.5. The van der Waals surface area contributed by atoms with Gasteiger partial charge in [0.25, 0.3) is 10.1 Å². The Morgan fingerprint density at radius 3 is 1.51 bits per heavy atom. The van der Waals surface area contributed by atoms with Crippen LogP contribution in [0.4, 0.5) is 0 Å². The highest BCUT2D eigenvalue weighted by atomic mass is 32.2. The summed E-state index contributed by atoms with van der Waals surface area (Å²) >= 11 is 0. The number of hydrogen-bond acceptors (Lipinski definition) is 9. The fourth-order valence-electron chi connectivity index (χ4n) is 3.74. The van der Waals surface area contributed by atoms with Crippen molar-refractivity contribution in [3.63, 3.8) is 0 Å². The van der Waals surface area contributed by atoms with Crippen LogP contribution in [0.5, 0.6) is 0 Å². The molecule has 9 nitrogen and oxygen atoms in total. The van der Waals surface area contributed by atoms with E-state index in [2.05, 4.69) is 0 Å². The zero-order valence-corrected chi connectivity index (χ0v) is 20.8. The summed E-state index contributed by atoms with van der Waals surface area (Å²) in [5.41, 5.74) is 1.28. The van der Waals surface area contributed by atoms with E-state index in [4.69, 9.17) is 23.1 Å². The molecule has 3 aromatic rings. The number of ether oxygens (including phenoxy) is 4. The molecule has 4 atom stereocenters. The second kappa shape index (κ2) is 12.1. The molecule has 1 fully saturated rings. The van der Waals surface area contributed by atoms with Crippen LogP contribution in [-0.2, 0) is 33.2 Å². The maximum Gasteiger partial charge on any atom is 0.338 e. The lowest BCUT2D eigenvalue weighted by Gasteiger charge is -2.40. The molecule has 0 amide bonds. The van der Waals surface area contributed by atoms with E-state index in [0.29, 0.717) is 16.7 Å². The minimum Gasteiger partial charge on any atom is -0.459 e. The summed E-state index contributed by atoms with van der Waals surface area (Å²) in [6.07, 6.45) is -3.44. The molecule has 0 bridgehead atoms. The van der Waals surface area contributed by atoms with Crippen LogP contribution < -0.4 is 0 Å². The Morgan fingerprint density at radius 2 is 1.11 bits per heavy atom. The van der Waals surface area contributed by atoms with Crippen molar-refractivity contribution in [3.05, 3.63) is 108 Å². The lowest BCUT2D eigenvalue weighted by Crippen LogP contribution is -2.53. The minimum absolute atomic E-state index is 0.322. The van der Waals surface area contributed by atoms with Gasteiger partial charge < -0.3 is 18.9 Å². The molecule has 1 saturated heterocycles. The van der Waals surface area contributed by atoms with Crippen molar-refractivity contribution in [3.8, 4) is 0 Å². The van der Waals surface area contributed by atoms with Gasteiger partial charge in [0.1, 0.15) is 31.5 Å². The highest BCUT2D eigenvalue weighted by Gasteiger charge is 2.44. The Kier molecular flexibility index (Phi) is 8.67. The Labute approximate surface area is 215 Å². The normalized spacial score (nSPS) is 21.6. The summed E-state index contributed by atoms with van der Waals surface area (Å²) < 4.78 is 52.4. The number of benzene rings is 3. The maximum atomic E-state index is 12.5. The van der Waals surface area contributed by atoms with Crippen molar-refractivity contribution in [1.82, 2.24) is 0 Å². The zero-order valence-electron chi connectivity index (χ0n) is 20.0. The van der Waals surface area contributed by atoms with E-state index < -0.39 is 46.7 Å². The third-order valence-corrected chi connectivity index (χ3v) is 6.04. The molecule has 4 rings (SSSR count). The summed E-state index contributed by atoms with van der Waals surface area (Å²) in [4.78, 5) is 25.1. The average Bonchev–Trinajstić information content (AvgIpc) is 2.92. The predicted molar refractivity (Wildman–Crippen MR) is 132 cm³/mol. The fourth-order valence-corrected chi connectivity index (χ4v) is 4.39. The third kappa shape index (κ3) is 7.46. The molecular formula is C27H26O9S. The quantitative estimate of drug-likeness (QED) is 0.305. The van der Waals surface area contributed by atoms with Gasteiger partial charge in [-0.15, -0.1) is 0 Å². The molecule has 0 spiro atoms. The van der Waals surface area contributed by atoms with Crippen LogP contribution in [0.25, 0.3) is 0 Å². The van der Waals surface area contributed by atoms with E-state index in [1.54, 1.807) is 84.9 Å². The second-order valence-corrected chi connectivity index (χ2v) is 9.89. The summed E-state index contributed by atoms with van der Waals surface area (Å²) in [7, 11) is -3.99. The SMILES string of the molecule is CS(=O)(=O)OC1[C@H](COC(=O)c2ccccc2)OC(c2ccccc2)O[C@@H]1COC(=O)c1ccccc1. The van der Waals surface area contributed by atoms with E-state index in [1.807, 2.05) is 6.07 Å². The number of esters is 2. The third-order valence-electron chi connectivity index (χ3n) is 5.46. The van der Waals surface area contributed by atoms with Gasteiger partial charge in [-0.2, -0.15) is 8.42 Å². The van der Waals surface area contributed by atoms with Gasteiger partial charge in [-0.1, -0.05) is 66.7 Å². The molecule has 37 heavy (non-hydrogen) atoms. The predicted octanol–water partition coefficient (Wildman–Crippen LogP) is 3.53. The molecule has 0 radical (unpaired) electrons. The molecule has 0 saturated carbocycles. The van der Waals surface area contributed by atoms with Crippen LogP contribution >= 0.6 is 0 Å². The summed E-state index contributed by atoms with van der Waals surface area (Å²) in [5, 5.41) is 0. The van der Waals surface area contributed by atoms with Crippen LogP contribution in [0.3, 0.4) is 0 Å². The van der Waals surface area contributed by atoms with Crippen LogP contribution in [0, 0.1) is 0 Å². The Bertz CT molecular complexity index is 1220. The summed E-state index contributed by atoms with van der Waals surface area (Å²) in [6.45, 7) is -0.659. The Balaban J connectivity index is 1.57. The number of carbonyl (C=O) groups is 2. The van der Waals surface area contributed by atoms with Gasteiger partial charge in [-0.3, -0.25) is 4.18 Å². The first-order valence-electron chi connectivity index (χ1n) is 11.5. The van der Waals surface area contributed by atoms with Crippen molar-refractivity contribution in [2.45, 2.75) is 24.6 Å². The first-order chi connectivity index (χ1) is 17.8. The molecule has 1 heterocycles. The van der Waals surface area contributed by atoms with Gasteiger partial charge in [-0.05, 0) is 24.3 Å². The monoisotopic (exact) mass is 526 g/mol. The average molecular weight is 527 g/mol. The van der Waals surface area contributed by atoms with E-state index in [1.165, 1.54) is 0 Å². The van der Waals surface area contributed by atoms with Crippen molar-refractivity contribution in [2.75, 3.05) is 19.5 Å². The molecule has 10 heteroatoms. The second-order valence-electron chi connectivity index (χ2n) is 8.29. The standard InChI is InChI=1S/C27H26O9S/c1-37(30,31)36-24-22(17-32-25(28)19-11-5-2-6-12-19)34-27(21-15-9-4-10-16-21)35-23(24)18-33-26(29)20-13-7-3-8-14-20/h2-16,22-24,27H,17-18H2,1H3/t22-,23+,24?,27?. The van der Waals surface area contributed by atoms with Gasteiger partial charge >= 0.3 is 11.9 Å². The van der Waals surface area contributed by atoms with Crippen molar-refractivity contribution in [2.24, 2.45) is 0 Å². The Morgan fingerprint density at radius 1 is 0.703 bits per heavy atom. The fraction of sp³-hybridized carbons (Fsp3) is 0.259. The highest BCUT2D eigenvalue weighted by Crippen LogP contribution is 2.33. The molecule has 3 aromatic carbocycles.